The van der Waals surface area contributed by atoms with E-state index in [9.17, 15) is 8.78 Å². The normalized spacial score (nSPS) is 27.5. The maximum absolute atomic E-state index is 13.8. The Hall–Kier alpha value is -0.960. The van der Waals surface area contributed by atoms with E-state index in [0.29, 0.717) is 24.3 Å². The topological polar surface area (TPSA) is 12.0 Å². The summed E-state index contributed by atoms with van der Waals surface area (Å²) in [5.74, 6) is 0.159. The van der Waals surface area contributed by atoms with Crippen LogP contribution in [0.3, 0.4) is 0 Å². The number of hydrogen-bond donors (Lipinski definition) is 1. The minimum atomic E-state index is -0.409. The van der Waals surface area contributed by atoms with Gasteiger partial charge < -0.3 is 5.32 Å². The Labute approximate surface area is 114 Å². The molecule has 0 saturated heterocycles. The molecule has 1 aromatic rings. The molecular formula is C16H23F2N. The molecule has 3 heteroatoms. The van der Waals surface area contributed by atoms with Gasteiger partial charge in [0.1, 0.15) is 11.6 Å². The molecule has 0 aliphatic heterocycles. The molecule has 1 fully saturated rings. The largest absolute Gasteiger partial charge is 0.314 e. The van der Waals surface area contributed by atoms with Gasteiger partial charge in [0.25, 0.3) is 0 Å². The van der Waals surface area contributed by atoms with E-state index in [1.807, 2.05) is 0 Å². The second-order valence-corrected chi connectivity index (χ2v) is 5.75. The van der Waals surface area contributed by atoms with E-state index in [4.69, 9.17) is 0 Å². The van der Waals surface area contributed by atoms with Gasteiger partial charge in [-0.2, -0.15) is 0 Å². The van der Waals surface area contributed by atoms with Crippen molar-refractivity contribution in [1.82, 2.24) is 5.32 Å². The first-order valence-corrected chi connectivity index (χ1v) is 7.28. The molecule has 19 heavy (non-hydrogen) atoms. The lowest BCUT2D eigenvalue weighted by Gasteiger charge is -2.35. The minimum absolute atomic E-state index is 0.254. The molecule has 0 heterocycles. The molecule has 1 aliphatic rings. The number of rotatable bonds is 4. The molecule has 1 aliphatic carbocycles. The van der Waals surface area contributed by atoms with Gasteiger partial charge in [-0.05, 0) is 56.2 Å². The van der Waals surface area contributed by atoms with Crippen LogP contribution in [0.2, 0.25) is 0 Å². The predicted octanol–water partition coefficient (Wildman–Crippen LogP) is 3.92. The highest BCUT2D eigenvalue weighted by Crippen LogP contribution is 2.32. The van der Waals surface area contributed by atoms with E-state index in [2.05, 4.69) is 19.2 Å². The molecule has 106 valence electrons. The van der Waals surface area contributed by atoms with Gasteiger partial charge in [-0.3, -0.25) is 0 Å². The first kappa shape index (κ1) is 14.4. The number of benzene rings is 1. The van der Waals surface area contributed by atoms with Crippen LogP contribution in [0.25, 0.3) is 0 Å². The van der Waals surface area contributed by atoms with Crippen molar-refractivity contribution in [2.24, 2.45) is 11.8 Å². The molecule has 0 spiro atoms. The zero-order valence-electron chi connectivity index (χ0n) is 11.8. The van der Waals surface area contributed by atoms with Crippen molar-refractivity contribution >= 4 is 0 Å². The SMILES string of the molecule is CCNC1CCC(C)CC1Cc1c(F)cccc1F. The highest BCUT2D eigenvalue weighted by molar-refractivity contribution is 5.20. The van der Waals surface area contributed by atoms with Gasteiger partial charge >= 0.3 is 0 Å². The van der Waals surface area contributed by atoms with Gasteiger partial charge in [-0.1, -0.05) is 19.9 Å². The van der Waals surface area contributed by atoms with Crippen LogP contribution in [0.1, 0.15) is 38.7 Å². The van der Waals surface area contributed by atoms with Gasteiger partial charge in [0.2, 0.25) is 0 Å². The standard InChI is InChI=1S/C16H23F2N/c1-3-19-16-8-7-11(2)9-12(16)10-13-14(17)5-4-6-15(13)18/h4-6,11-12,16,19H,3,7-10H2,1-2H3. The van der Waals surface area contributed by atoms with E-state index >= 15 is 0 Å². The van der Waals surface area contributed by atoms with Gasteiger partial charge in [0, 0.05) is 11.6 Å². The second-order valence-electron chi connectivity index (χ2n) is 5.75. The minimum Gasteiger partial charge on any atom is -0.314 e. The smallest absolute Gasteiger partial charge is 0.129 e. The van der Waals surface area contributed by atoms with Crippen LogP contribution in [0.15, 0.2) is 18.2 Å². The van der Waals surface area contributed by atoms with Crippen LogP contribution >= 0.6 is 0 Å². The summed E-state index contributed by atoms with van der Waals surface area (Å²) < 4.78 is 27.5. The van der Waals surface area contributed by atoms with Crippen LogP contribution < -0.4 is 5.32 Å². The molecule has 1 aromatic carbocycles. The first-order valence-electron chi connectivity index (χ1n) is 7.28. The highest BCUT2D eigenvalue weighted by Gasteiger charge is 2.29. The number of hydrogen-bond acceptors (Lipinski definition) is 1. The quantitative estimate of drug-likeness (QED) is 0.871. The van der Waals surface area contributed by atoms with E-state index in [0.717, 1.165) is 19.4 Å². The molecule has 0 bridgehead atoms. The zero-order chi connectivity index (χ0) is 13.8. The lowest BCUT2D eigenvalue weighted by Crippen LogP contribution is -2.41. The van der Waals surface area contributed by atoms with Gasteiger partial charge in [0.05, 0.1) is 0 Å². The predicted molar refractivity (Wildman–Crippen MR) is 74.0 cm³/mol. The summed E-state index contributed by atoms with van der Waals surface area (Å²) in [5.41, 5.74) is 0.254. The van der Waals surface area contributed by atoms with E-state index in [1.165, 1.54) is 24.6 Å². The Morgan fingerprint density at radius 3 is 2.53 bits per heavy atom. The van der Waals surface area contributed by atoms with Crippen molar-refractivity contribution in [3.05, 3.63) is 35.4 Å². The summed E-state index contributed by atoms with van der Waals surface area (Å²) in [7, 11) is 0. The summed E-state index contributed by atoms with van der Waals surface area (Å²) in [6, 6.07) is 4.53. The van der Waals surface area contributed by atoms with Crippen LogP contribution in [0.4, 0.5) is 8.78 Å². The number of nitrogens with one attached hydrogen (secondary N) is 1. The molecule has 0 amide bonds. The van der Waals surface area contributed by atoms with Crippen LogP contribution in [0.5, 0.6) is 0 Å². The van der Waals surface area contributed by atoms with E-state index in [-0.39, 0.29) is 5.56 Å². The van der Waals surface area contributed by atoms with E-state index < -0.39 is 11.6 Å². The van der Waals surface area contributed by atoms with Gasteiger partial charge in [-0.25, -0.2) is 8.78 Å². The fourth-order valence-corrected chi connectivity index (χ4v) is 3.24. The molecule has 0 radical (unpaired) electrons. The van der Waals surface area contributed by atoms with Crippen LogP contribution in [-0.2, 0) is 6.42 Å². The van der Waals surface area contributed by atoms with Crippen LogP contribution in [-0.4, -0.2) is 12.6 Å². The van der Waals surface area contributed by atoms with Crippen LogP contribution in [0, 0.1) is 23.5 Å². The Bertz CT molecular complexity index is 399. The average Bonchev–Trinajstić information content (AvgIpc) is 2.37. The Morgan fingerprint density at radius 2 is 1.89 bits per heavy atom. The highest BCUT2D eigenvalue weighted by atomic mass is 19.1. The van der Waals surface area contributed by atoms with Crippen molar-refractivity contribution in [1.29, 1.82) is 0 Å². The molecule has 3 atom stereocenters. The second kappa shape index (κ2) is 6.47. The monoisotopic (exact) mass is 267 g/mol. The van der Waals surface area contributed by atoms with Crippen molar-refractivity contribution in [3.8, 4) is 0 Å². The summed E-state index contributed by atoms with van der Waals surface area (Å²) in [4.78, 5) is 0. The van der Waals surface area contributed by atoms with Gasteiger partial charge in [0.15, 0.2) is 0 Å². The van der Waals surface area contributed by atoms with Crippen molar-refractivity contribution in [2.75, 3.05) is 6.54 Å². The van der Waals surface area contributed by atoms with Crippen molar-refractivity contribution < 1.29 is 8.78 Å². The number of halogens is 2. The molecule has 3 unspecified atom stereocenters. The summed E-state index contributed by atoms with van der Waals surface area (Å²) in [5, 5.41) is 3.47. The third-order valence-corrected chi connectivity index (χ3v) is 4.24. The van der Waals surface area contributed by atoms with Crippen molar-refractivity contribution in [3.63, 3.8) is 0 Å². The fourth-order valence-electron chi connectivity index (χ4n) is 3.24. The molecule has 1 saturated carbocycles. The third-order valence-electron chi connectivity index (χ3n) is 4.24. The molecule has 0 aromatic heterocycles. The maximum atomic E-state index is 13.8. The van der Waals surface area contributed by atoms with E-state index in [1.54, 1.807) is 0 Å². The fraction of sp³-hybridized carbons (Fsp3) is 0.625. The lowest BCUT2D eigenvalue weighted by molar-refractivity contribution is 0.211. The Kier molecular flexibility index (Phi) is 4.92. The third kappa shape index (κ3) is 3.53. The molecule has 1 N–H and O–H groups in total. The van der Waals surface area contributed by atoms with Gasteiger partial charge in [-0.15, -0.1) is 0 Å². The molecular weight excluding hydrogens is 244 g/mol. The molecule has 2 rings (SSSR count). The summed E-state index contributed by atoms with van der Waals surface area (Å²) in [6.45, 7) is 5.22. The first-order chi connectivity index (χ1) is 9.11. The Balaban J connectivity index is 2.14. The lowest BCUT2D eigenvalue weighted by atomic mass is 9.76. The zero-order valence-corrected chi connectivity index (χ0v) is 11.8. The average molecular weight is 267 g/mol. The summed E-state index contributed by atoms with van der Waals surface area (Å²) >= 11 is 0. The Morgan fingerprint density at radius 1 is 1.21 bits per heavy atom. The summed E-state index contributed by atoms with van der Waals surface area (Å²) in [6.07, 6.45) is 3.86. The molecule has 1 nitrogen and oxygen atoms in total. The van der Waals surface area contributed by atoms with Crippen molar-refractivity contribution in [2.45, 2.75) is 45.6 Å². The maximum Gasteiger partial charge on any atom is 0.129 e.